The quantitative estimate of drug-likeness (QED) is 0.860. The molecule has 2 N–H and O–H groups in total. The number of hydrogen-bond acceptors (Lipinski definition) is 2. The van der Waals surface area contributed by atoms with Gasteiger partial charge in [-0.15, -0.1) is 0 Å². The minimum atomic E-state index is 0.344. The Bertz CT molecular complexity index is 369. The van der Waals surface area contributed by atoms with Gasteiger partial charge in [0.2, 0.25) is 0 Å². The molecule has 0 aromatic carbocycles. The molecule has 3 nitrogen and oxygen atoms in total. The Balaban J connectivity index is 1.99. The fourth-order valence-corrected chi connectivity index (χ4v) is 2.54. The highest BCUT2D eigenvalue weighted by Gasteiger charge is 2.28. The Labute approximate surface area is 102 Å². The van der Waals surface area contributed by atoms with Crippen LogP contribution in [0, 0.1) is 5.92 Å². The molecule has 16 heavy (non-hydrogen) atoms. The van der Waals surface area contributed by atoms with Crippen molar-refractivity contribution in [2.45, 2.75) is 45.1 Å². The molecule has 1 heterocycles. The Hall–Kier alpha value is -0.540. The summed E-state index contributed by atoms with van der Waals surface area (Å²) in [4.78, 5) is 0. The van der Waals surface area contributed by atoms with Crippen molar-refractivity contribution < 1.29 is 0 Å². The van der Waals surface area contributed by atoms with Gasteiger partial charge in [0.25, 0.3) is 0 Å². The maximum atomic E-state index is 6.28. The second-order valence-corrected chi connectivity index (χ2v) is 5.10. The first-order chi connectivity index (χ1) is 7.63. The Morgan fingerprint density at radius 1 is 1.56 bits per heavy atom. The lowest BCUT2D eigenvalue weighted by molar-refractivity contribution is 0.537. The minimum absolute atomic E-state index is 0.344. The predicted octanol–water partition coefficient (Wildman–Crippen LogP) is 2.31. The van der Waals surface area contributed by atoms with E-state index in [1.54, 1.807) is 0 Å². The monoisotopic (exact) mass is 241 g/mol. The van der Waals surface area contributed by atoms with Gasteiger partial charge in [-0.3, -0.25) is 4.68 Å². The standard InChI is InChI=1S/C12H20ClN3/c1-3-10-12(13)11(16(2)15-10)7-6-9(14)8-4-5-8/h8-9H,3-7,14H2,1-2H3. The fourth-order valence-electron chi connectivity index (χ4n) is 2.15. The molecule has 1 saturated carbocycles. The van der Waals surface area contributed by atoms with Gasteiger partial charge >= 0.3 is 0 Å². The molecular weight excluding hydrogens is 222 g/mol. The van der Waals surface area contributed by atoms with Crippen LogP contribution in [0.2, 0.25) is 5.02 Å². The van der Waals surface area contributed by atoms with Crippen LogP contribution in [0.3, 0.4) is 0 Å². The van der Waals surface area contributed by atoms with Crippen molar-refractivity contribution in [3.8, 4) is 0 Å². The third kappa shape index (κ3) is 2.41. The first kappa shape index (κ1) is 11.9. The van der Waals surface area contributed by atoms with Gasteiger partial charge in [-0.1, -0.05) is 18.5 Å². The van der Waals surface area contributed by atoms with E-state index in [0.29, 0.717) is 6.04 Å². The van der Waals surface area contributed by atoms with Crippen LogP contribution < -0.4 is 5.73 Å². The van der Waals surface area contributed by atoms with Crippen LogP contribution in [0.15, 0.2) is 0 Å². The lowest BCUT2D eigenvalue weighted by Gasteiger charge is -2.10. The molecule has 2 rings (SSSR count). The molecule has 1 aliphatic rings. The molecule has 0 aliphatic heterocycles. The van der Waals surface area contributed by atoms with Crippen LogP contribution in [0.1, 0.15) is 37.6 Å². The first-order valence-electron chi connectivity index (χ1n) is 6.09. The van der Waals surface area contributed by atoms with Crippen LogP contribution >= 0.6 is 11.6 Å². The fraction of sp³-hybridized carbons (Fsp3) is 0.750. The number of aromatic nitrogens is 2. The zero-order valence-electron chi connectivity index (χ0n) is 10.0. The third-order valence-electron chi connectivity index (χ3n) is 3.44. The van der Waals surface area contributed by atoms with E-state index in [9.17, 15) is 0 Å². The largest absolute Gasteiger partial charge is 0.327 e. The van der Waals surface area contributed by atoms with Crippen LogP contribution in [0.4, 0.5) is 0 Å². The number of aryl methyl sites for hydroxylation is 2. The summed E-state index contributed by atoms with van der Waals surface area (Å²) in [5, 5.41) is 5.25. The van der Waals surface area contributed by atoms with Gasteiger partial charge in [-0.25, -0.2) is 0 Å². The smallest absolute Gasteiger partial charge is 0.0849 e. The van der Waals surface area contributed by atoms with E-state index >= 15 is 0 Å². The molecule has 1 atom stereocenters. The number of hydrogen-bond donors (Lipinski definition) is 1. The lowest BCUT2D eigenvalue weighted by Crippen LogP contribution is -2.23. The maximum Gasteiger partial charge on any atom is 0.0849 e. The zero-order chi connectivity index (χ0) is 11.7. The topological polar surface area (TPSA) is 43.8 Å². The summed E-state index contributed by atoms with van der Waals surface area (Å²) in [6.07, 6.45) is 5.47. The first-order valence-corrected chi connectivity index (χ1v) is 6.47. The van der Waals surface area contributed by atoms with Crippen molar-refractivity contribution >= 4 is 11.6 Å². The second-order valence-electron chi connectivity index (χ2n) is 4.72. The van der Waals surface area contributed by atoms with Crippen molar-refractivity contribution in [2.24, 2.45) is 18.7 Å². The van der Waals surface area contributed by atoms with E-state index in [1.165, 1.54) is 12.8 Å². The highest BCUT2D eigenvalue weighted by atomic mass is 35.5. The summed E-state index contributed by atoms with van der Waals surface area (Å²) in [5.41, 5.74) is 8.23. The Morgan fingerprint density at radius 2 is 2.25 bits per heavy atom. The summed E-state index contributed by atoms with van der Waals surface area (Å²) < 4.78 is 1.90. The number of rotatable bonds is 5. The number of nitrogens with two attached hydrogens (primary N) is 1. The van der Waals surface area contributed by atoms with Crippen LogP contribution in [-0.2, 0) is 19.9 Å². The average Bonchev–Trinajstić information content (AvgIpc) is 3.05. The van der Waals surface area contributed by atoms with Crippen molar-refractivity contribution in [3.05, 3.63) is 16.4 Å². The SMILES string of the molecule is CCc1nn(C)c(CCC(N)C2CC2)c1Cl. The molecule has 1 aromatic rings. The maximum absolute atomic E-state index is 6.28. The van der Waals surface area contributed by atoms with E-state index in [-0.39, 0.29) is 0 Å². The summed E-state index contributed by atoms with van der Waals surface area (Å²) >= 11 is 6.28. The molecule has 90 valence electrons. The van der Waals surface area contributed by atoms with Crippen molar-refractivity contribution in [1.82, 2.24) is 9.78 Å². The predicted molar refractivity (Wildman–Crippen MR) is 66.6 cm³/mol. The van der Waals surface area contributed by atoms with Crippen molar-refractivity contribution in [2.75, 3.05) is 0 Å². The summed E-state index contributed by atoms with van der Waals surface area (Å²) in [7, 11) is 1.96. The van der Waals surface area contributed by atoms with Gasteiger partial charge in [0.1, 0.15) is 0 Å². The molecule has 1 aromatic heterocycles. The molecule has 0 saturated heterocycles. The van der Waals surface area contributed by atoms with Crippen LogP contribution in [0.25, 0.3) is 0 Å². The summed E-state index contributed by atoms with van der Waals surface area (Å²) in [6, 6.07) is 0.344. The van der Waals surface area contributed by atoms with Crippen LogP contribution in [0.5, 0.6) is 0 Å². The molecule has 4 heteroatoms. The Morgan fingerprint density at radius 3 is 2.75 bits per heavy atom. The van der Waals surface area contributed by atoms with Gasteiger partial charge in [0.05, 0.1) is 16.4 Å². The van der Waals surface area contributed by atoms with Crippen LogP contribution in [-0.4, -0.2) is 15.8 Å². The Kier molecular flexibility index (Phi) is 3.55. The molecule has 0 radical (unpaired) electrons. The van der Waals surface area contributed by atoms with E-state index in [4.69, 9.17) is 17.3 Å². The molecule has 0 spiro atoms. The summed E-state index contributed by atoms with van der Waals surface area (Å²) in [5.74, 6) is 0.762. The minimum Gasteiger partial charge on any atom is -0.327 e. The highest BCUT2D eigenvalue weighted by Crippen LogP contribution is 2.33. The summed E-state index contributed by atoms with van der Waals surface area (Å²) in [6.45, 7) is 2.08. The van der Waals surface area contributed by atoms with Gasteiger partial charge in [-0.05, 0) is 38.0 Å². The lowest BCUT2D eigenvalue weighted by atomic mass is 10.1. The normalized spacial score (nSPS) is 17.8. The van der Waals surface area contributed by atoms with E-state index < -0.39 is 0 Å². The van der Waals surface area contributed by atoms with Gasteiger partial charge < -0.3 is 5.73 Å². The third-order valence-corrected chi connectivity index (χ3v) is 3.88. The van der Waals surface area contributed by atoms with Gasteiger partial charge in [0, 0.05) is 13.1 Å². The van der Waals surface area contributed by atoms with Crippen molar-refractivity contribution in [3.63, 3.8) is 0 Å². The highest BCUT2D eigenvalue weighted by molar-refractivity contribution is 6.31. The van der Waals surface area contributed by atoms with E-state index in [2.05, 4.69) is 12.0 Å². The second kappa shape index (κ2) is 4.76. The molecule has 1 unspecified atom stereocenters. The molecule has 0 amide bonds. The van der Waals surface area contributed by atoms with Gasteiger partial charge in [-0.2, -0.15) is 5.10 Å². The zero-order valence-corrected chi connectivity index (χ0v) is 10.8. The average molecular weight is 242 g/mol. The molecular formula is C12H20ClN3. The van der Waals surface area contributed by atoms with E-state index in [1.807, 2.05) is 11.7 Å². The number of halogens is 1. The number of nitrogens with zero attached hydrogens (tertiary/aromatic N) is 2. The van der Waals surface area contributed by atoms with Crippen molar-refractivity contribution in [1.29, 1.82) is 0 Å². The van der Waals surface area contributed by atoms with Gasteiger partial charge in [0.15, 0.2) is 0 Å². The molecule has 0 bridgehead atoms. The molecule has 1 aliphatic carbocycles. The van der Waals surface area contributed by atoms with E-state index in [0.717, 1.165) is 41.6 Å². The molecule has 1 fully saturated rings.